The van der Waals surface area contributed by atoms with Gasteiger partial charge in [-0.3, -0.25) is 0 Å². The SMILES string of the molecule is CCCCCC(c1nccn1CCCC)C(C)(Cc1ccccc1)c1ccccc1. The molecule has 1 aromatic heterocycles. The van der Waals surface area contributed by atoms with Crippen LogP contribution < -0.4 is 0 Å². The lowest BCUT2D eigenvalue weighted by Crippen LogP contribution is -2.35. The van der Waals surface area contributed by atoms with Crippen molar-refractivity contribution in [3.63, 3.8) is 0 Å². The molecule has 160 valence electrons. The molecule has 2 atom stereocenters. The highest BCUT2D eigenvalue weighted by Crippen LogP contribution is 2.44. The van der Waals surface area contributed by atoms with Gasteiger partial charge in [0.05, 0.1) is 0 Å². The molecule has 0 aliphatic heterocycles. The number of aryl methyl sites for hydroxylation is 1. The first-order valence-corrected chi connectivity index (χ1v) is 11.8. The van der Waals surface area contributed by atoms with Crippen LogP contribution in [0.5, 0.6) is 0 Å². The standard InChI is InChI=1S/C28H38N2/c1-4-6-10-19-26(27-29-20-22-30(27)21-7-5-2)28(3,25-17-13-9-14-18-25)23-24-15-11-8-12-16-24/h8-9,11-18,20,22,26H,4-7,10,19,21,23H2,1-3H3. The highest BCUT2D eigenvalue weighted by molar-refractivity contribution is 5.33. The number of nitrogens with zero attached hydrogens (tertiary/aromatic N) is 2. The molecule has 2 nitrogen and oxygen atoms in total. The van der Waals surface area contributed by atoms with Gasteiger partial charge in [0.2, 0.25) is 0 Å². The third-order valence-electron chi connectivity index (χ3n) is 6.52. The van der Waals surface area contributed by atoms with Crippen molar-refractivity contribution in [2.75, 3.05) is 0 Å². The minimum Gasteiger partial charge on any atom is -0.335 e. The third-order valence-corrected chi connectivity index (χ3v) is 6.52. The lowest BCUT2D eigenvalue weighted by Gasteiger charge is -2.39. The van der Waals surface area contributed by atoms with E-state index in [2.05, 4.69) is 92.2 Å². The molecule has 0 spiro atoms. The molecule has 2 heteroatoms. The second-order valence-electron chi connectivity index (χ2n) is 8.83. The first-order valence-electron chi connectivity index (χ1n) is 11.8. The Morgan fingerprint density at radius 2 is 1.53 bits per heavy atom. The predicted molar refractivity (Wildman–Crippen MR) is 128 cm³/mol. The maximum atomic E-state index is 4.94. The van der Waals surface area contributed by atoms with Crippen LogP contribution in [-0.2, 0) is 18.4 Å². The summed E-state index contributed by atoms with van der Waals surface area (Å²) in [5.74, 6) is 1.65. The van der Waals surface area contributed by atoms with Gasteiger partial charge in [0.15, 0.2) is 0 Å². The van der Waals surface area contributed by atoms with Crippen LogP contribution in [-0.4, -0.2) is 9.55 Å². The van der Waals surface area contributed by atoms with Gasteiger partial charge in [0.25, 0.3) is 0 Å². The largest absolute Gasteiger partial charge is 0.335 e. The van der Waals surface area contributed by atoms with Gasteiger partial charge in [0, 0.05) is 30.3 Å². The number of imidazole rings is 1. The van der Waals surface area contributed by atoms with E-state index in [4.69, 9.17) is 4.98 Å². The summed E-state index contributed by atoms with van der Waals surface area (Å²) in [5.41, 5.74) is 2.81. The number of unbranched alkanes of at least 4 members (excludes halogenated alkanes) is 3. The summed E-state index contributed by atoms with van der Waals surface area (Å²) in [5, 5.41) is 0. The van der Waals surface area contributed by atoms with E-state index in [-0.39, 0.29) is 5.41 Å². The van der Waals surface area contributed by atoms with Crippen molar-refractivity contribution in [2.24, 2.45) is 0 Å². The fourth-order valence-electron chi connectivity index (χ4n) is 4.74. The van der Waals surface area contributed by atoms with Crippen LogP contribution in [0.15, 0.2) is 73.1 Å². The molecule has 1 heterocycles. The van der Waals surface area contributed by atoms with Gasteiger partial charge in [-0.15, -0.1) is 0 Å². The van der Waals surface area contributed by atoms with Crippen molar-refractivity contribution in [1.29, 1.82) is 0 Å². The summed E-state index contributed by atoms with van der Waals surface area (Å²) in [4.78, 5) is 4.94. The van der Waals surface area contributed by atoms with E-state index in [1.165, 1.54) is 55.5 Å². The second kappa shape index (κ2) is 11.2. The minimum atomic E-state index is -0.00826. The van der Waals surface area contributed by atoms with Gasteiger partial charge in [0.1, 0.15) is 5.82 Å². The fraction of sp³-hybridized carbons (Fsp3) is 0.464. The number of hydrogen-bond donors (Lipinski definition) is 0. The van der Waals surface area contributed by atoms with Gasteiger partial charge in [-0.05, 0) is 30.4 Å². The van der Waals surface area contributed by atoms with Crippen LogP contribution >= 0.6 is 0 Å². The van der Waals surface area contributed by atoms with E-state index in [0.29, 0.717) is 5.92 Å². The summed E-state index contributed by atoms with van der Waals surface area (Å²) in [6, 6.07) is 22.1. The van der Waals surface area contributed by atoms with Crippen molar-refractivity contribution in [3.05, 3.63) is 90.0 Å². The summed E-state index contributed by atoms with van der Waals surface area (Å²) < 4.78 is 2.42. The van der Waals surface area contributed by atoms with E-state index < -0.39 is 0 Å². The molecule has 0 amide bonds. The molecule has 2 aromatic carbocycles. The molecule has 3 aromatic rings. The van der Waals surface area contributed by atoms with Crippen molar-refractivity contribution in [3.8, 4) is 0 Å². The number of rotatable bonds is 12. The van der Waals surface area contributed by atoms with Gasteiger partial charge in [-0.25, -0.2) is 4.98 Å². The number of aromatic nitrogens is 2. The van der Waals surface area contributed by atoms with Crippen molar-refractivity contribution >= 4 is 0 Å². The molecule has 30 heavy (non-hydrogen) atoms. The zero-order valence-electron chi connectivity index (χ0n) is 19.1. The molecule has 0 radical (unpaired) electrons. The molecule has 3 rings (SSSR count). The Labute approximate surface area is 183 Å². The van der Waals surface area contributed by atoms with Crippen LogP contribution in [0.25, 0.3) is 0 Å². The molecule has 0 N–H and O–H groups in total. The third kappa shape index (κ3) is 5.41. The second-order valence-corrected chi connectivity index (χ2v) is 8.83. The molecule has 0 fully saturated rings. The summed E-state index contributed by atoms with van der Waals surface area (Å²) >= 11 is 0. The van der Waals surface area contributed by atoms with Crippen LogP contribution in [0.2, 0.25) is 0 Å². The lowest BCUT2D eigenvalue weighted by atomic mass is 9.66. The topological polar surface area (TPSA) is 17.8 Å². The Kier molecular flexibility index (Phi) is 8.30. The van der Waals surface area contributed by atoms with E-state index in [1.54, 1.807) is 0 Å². The first kappa shape index (κ1) is 22.3. The minimum absolute atomic E-state index is 0.00826. The van der Waals surface area contributed by atoms with E-state index in [9.17, 15) is 0 Å². The molecule has 0 aliphatic rings. The van der Waals surface area contributed by atoms with Crippen molar-refractivity contribution in [2.45, 2.75) is 83.6 Å². The summed E-state index contributed by atoms with van der Waals surface area (Å²) in [6.45, 7) is 8.08. The smallest absolute Gasteiger partial charge is 0.112 e. The van der Waals surface area contributed by atoms with Gasteiger partial charge in [-0.1, -0.05) is 107 Å². The Morgan fingerprint density at radius 1 is 0.867 bits per heavy atom. The quantitative estimate of drug-likeness (QED) is 0.286. The molecule has 0 aliphatic carbocycles. The lowest BCUT2D eigenvalue weighted by molar-refractivity contribution is 0.323. The first-order chi connectivity index (χ1) is 14.7. The Morgan fingerprint density at radius 3 is 2.20 bits per heavy atom. The van der Waals surface area contributed by atoms with Gasteiger partial charge < -0.3 is 4.57 Å². The fourth-order valence-corrected chi connectivity index (χ4v) is 4.74. The predicted octanol–water partition coefficient (Wildman–Crippen LogP) is 7.55. The van der Waals surface area contributed by atoms with Crippen molar-refractivity contribution < 1.29 is 0 Å². The molecule has 0 saturated carbocycles. The van der Waals surface area contributed by atoms with E-state index in [1.807, 2.05) is 6.20 Å². The van der Waals surface area contributed by atoms with Crippen LogP contribution in [0.3, 0.4) is 0 Å². The summed E-state index contributed by atoms with van der Waals surface area (Å²) in [7, 11) is 0. The zero-order valence-corrected chi connectivity index (χ0v) is 19.1. The van der Waals surface area contributed by atoms with E-state index >= 15 is 0 Å². The molecule has 2 unspecified atom stereocenters. The van der Waals surface area contributed by atoms with E-state index in [0.717, 1.165) is 13.0 Å². The van der Waals surface area contributed by atoms with Crippen LogP contribution in [0, 0.1) is 0 Å². The Hall–Kier alpha value is -2.35. The Bertz CT molecular complexity index is 853. The van der Waals surface area contributed by atoms with Gasteiger partial charge >= 0.3 is 0 Å². The molecular weight excluding hydrogens is 364 g/mol. The zero-order chi connectivity index (χ0) is 21.2. The highest BCUT2D eigenvalue weighted by Gasteiger charge is 2.39. The monoisotopic (exact) mass is 402 g/mol. The number of hydrogen-bond acceptors (Lipinski definition) is 1. The average Bonchev–Trinajstić information content (AvgIpc) is 3.24. The summed E-state index contributed by atoms with van der Waals surface area (Å²) in [6.07, 6.45) is 12.6. The maximum Gasteiger partial charge on any atom is 0.112 e. The number of benzene rings is 2. The molecule has 0 bridgehead atoms. The normalized spacial score (nSPS) is 14.4. The van der Waals surface area contributed by atoms with Crippen molar-refractivity contribution in [1.82, 2.24) is 9.55 Å². The average molecular weight is 403 g/mol. The highest BCUT2D eigenvalue weighted by atomic mass is 15.1. The van der Waals surface area contributed by atoms with Crippen LogP contribution in [0.1, 0.15) is 82.2 Å². The molecular formula is C28H38N2. The van der Waals surface area contributed by atoms with Gasteiger partial charge in [-0.2, -0.15) is 0 Å². The Balaban J connectivity index is 2.05. The maximum absolute atomic E-state index is 4.94. The molecule has 0 saturated heterocycles. The van der Waals surface area contributed by atoms with Crippen LogP contribution in [0.4, 0.5) is 0 Å².